The molecular formula is C13H23N3O3. The Morgan fingerprint density at radius 2 is 1.89 bits per heavy atom. The second kappa shape index (κ2) is 6.23. The summed E-state index contributed by atoms with van der Waals surface area (Å²) in [6.45, 7) is 0.181. The van der Waals surface area contributed by atoms with Crippen molar-refractivity contribution in [1.29, 1.82) is 0 Å². The number of nitrogens with zero attached hydrogens (tertiary/aromatic N) is 1. The van der Waals surface area contributed by atoms with E-state index in [0.29, 0.717) is 12.1 Å². The Bertz CT molecular complexity index is 334. The molecule has 0 spiro atoms. The standard InChI is InChI=1S/C13H23N3O3/c1-16-10-3-2-4-11(16)8-9(7-10)15-13(19)14-6-5-12(17)18/h9-11H,2-8H2,1H3,(H,17,18)(H2,14,15,19). The van der Waals surface area contributed by atoms with Gasteiger partial charge in [-0.15, -0.1) is 0 Å². The van der Waals surface area contributed by atoms with E-state index in [9.17, 15) is 9.59 Å². The first kappa shape index (κ1) is 14.1. The van der Waals surface area contributed by atoms with Gasteiger partial charge in [-0.05, 0) is 32.7 Å². The molecule has 108 valence electrons. The summed E-state index contributed by atoms with van der Waals surface area (Å²) in [5.41, 5.74) is 0. The molecule has 2 atom stereocenters. The lowest BCUT2D eigenvalue weighted by Crippen LogP contribution is -2.56. The number of nitrogens with one attached hydrogen (secondary N) is 2. The molecule has 2 unspecified atom stereocenters. The number of carbonyl (C=O) groups excluding carboxylic acids is 1. The van der Waals surface area contributed by atoms with Crippen molar-refractivity contribution in [3.63, 3.8) is 0 Å². The van der Waals surface area contributed by atoms with Gasteiger partial charge in [0.05, 0.1) is 6.42 Å². The van der Waals surface area contributed by atoms with Gasteiger partial charge in [0.1, 0.15) is 0 Å². The van der Waals surface area contributed by atoms with Gasteiger partial charge in [0.25, 0.3) is 0 Å². The lowest BCUT2D eigenvalue weighted by molar-refractivity contribution is -0.136. The fraction of sp³-hybridized carbons (Fsp3) is 0.846. The van der Waals surface area contributed by atoms with Crippen LogP contribution in [0.25, 0.3) is 0 Å². The molecule has 6 heteroatoms. The van der Waals surface area contributed by atoms with Gasteiger partial charge in [-0.3, -0.25) is 4.79 Å². The number of hydrogen-bond donors (Lipinski definition) is 3. The number of urea groups is 1. The van der Waals surface area contributed by atoms with Crippen LogP contribution in [0.3, 0.4) is 0 Å². The molecule has 2 aliphatic heterocycles. The molecule has 0 aromatic carbocycles. The molecule has 0 radical (unpaired) electrons. The zero-order chi connectivity index (χ0) is 13.8. The SMILES string of the molecule is CN1C2CCCC1CC(NC(=O)NCCC(=O)O)C2. The Kier molecular flexibility index (Phi) is 4.63. The largest absolute Gasteiger partial charge is 0.481 e. The average molecular weight is 269 g/mol. The van der Waals surface area contributed by atoms with Gasteiger partial charge in [-0.1, -0.05) is 6.42 Å². The van der Waals surface area contributed by atoms with Gasteiger partial charge in [-0.25, -0.2) is 4.79 Å². The summed E-state index contributed by atoms with van der Waals surface area (Å²) in [5.74, 6) is -0.894. The molecule has 2 saturated heterocycles. The molecule has 0 aromatic heterocycles. The van der Waals surface area contributed by atoms with Gasteiger partial charge in [0.15, 0.2) is 0 Å². The molecule has 0 aromatic rings. The number of fused-ring (bicyclic) bond motifs is 2. The van der Waals surface area contributed by atoms with Crippen molar-refractivity contribution >= 4 is 12.0 Å². The summed E-state index contributed by atoms with van der Waals surface area (Å²) in [6, 6.07) is 1.14. The molecule has 19 heavy (non-hydrogen) atoms. The Hall–Kier alpha value is -1.30. The summed E-state index contributed by atoms with van der Waals surface area (Å²) < 4.78 is 0. The third-order valence-corrected chi connectivity index (χ3v) is 4.30. The van der Waals surface area contributed by atoms with Gasteiger partial charge in [0.2, 0.25) is 0 Å². The van der Waals surface area contributed by atoms with E-state index in [4.69, 9.17) is 5.11 Å². The van der Waals surface area contributed by atoms with Crippen LogP contribution in [0.5, 0.6) is 0 Å². The molecular weight excluding hydrogens is 246 g/mol. The summed E-state index contributed by atoms with van der Waals surface area (Å²) in [4.78, 5) is 24.5. The van der Waals surface area contributed by atoms with Crippen LogP contribution in [-0.4, -0.2) is 53.7 Å². The molecule has 0 aliphatic carbocycles. The van der Waals surface area contributed by atoms with E-state index in [1.165, 1.54) is 19.3 Å². The van der Waals surface area contributed by atoms with Gasteiger partial charge in [-0.2, -0.15) is 0 Å². The van der Waals surface area contributed by atoms with E-state index in [-0.39, 0.29) is 25.0 Å². The zero-order valence-corrected chi connectivity index (χ0v) is 11.4. The number of carboxylic acid groups (broad SMARTS) is 1. The third-order valence-electron chi connectivity index (χ3n) is 4.30. The molecule has 2 fully saturated rings. The molecule has 2 aliphatic rings. The topological polar surface area (TPSA) is 81.7 Å². The summed E-state index contributed by atoms with van der Waals surface area (Å²) in [6.07, 6.45) is 5.68. The number of piperidine rings is 2. The van der Waals surface area contributed by atoms with Crippen LogP contribution in [0.2, 0.25) is 0 Å². The molecule has 2 heterocycles. The van der Waals surface area contributed by atoms with E-state index in [0.717, 1.165) is 12.8 Å². The molecule has 0 saturated carbocycles. The van der Waals surface area contributed by atoms with Gasteiger partial charge in [0, 0.05) is 24.7 Å². The Morgan fingerprint density at radius 1 is 1.26 bits per heavy atom. The smallest absolute Gasteiger partial charge is 0.315 e. The van der Waals surface area contributed by atoms with Crippen molar-refractivity contribution < 1.29 is 14.7 Å². The van der Waals surface area contributed by atoms with Crippen molar-refractivity contribution in [2.45, 2.75) is 56.7 Å². The van der Waals surface area contributed by atoms with Crippen LogP contribution in [0.4, 0.5) is 4.79 Å². The predicted octanol–water partition coefficient (Wildman–Crippen LogP) is 0.776. The first-order valence-electron chi connectivity index (χ1n) is 7.04. The van der Waals surface area contributed by atoms with Gasteiger partial charge < -0.3 is 20.6 Å². The number of rotatable bonds is 4. The van der Waals surface area contributed by atoms with E-state index in [1.807, 2.05) is 0 Å². The van der Waals surface area contributed by atoms with Crippen molar-refractivity contribution in [2.24, 2.45) is 0 Å². The molecule has 3 N–H and O–H groups in total. The Morgan fingerprint density at radius 3 is 2.47 bits per heavy atom. The lowest BCUT2D eigenvalue weighted by Gasteiger charge is -2.47. The predicted molar refractivity (Wildman–Crippen MR) is 71.0 cm³/mol. The monoisotopic (exact) mass is 269 g/mol. The average Bonchev–Trinajstić information content (AvgIpc) is 2.30. The fourth-order valence-corrected chi connectivity index (χ4v) is 3.25. The minimum Gasteiger partial charge on any atom is -0.481 e. The maximum Gasteiger partial charge on any atom is 0.315 e. The minimum atomic E-state index is -0.894. The van der Waals surface area contributed by atoms with Crippen LogP contribution >= 0.6 is 0 Å². The van der Waals surface area contributed by atoms with Crippen LogP contribution < -0.4 is 10.6 Å². The highest BCUT2D eigenvalue weighted by molar-refractivity contribution is 5.75. The highest BCUT2D eigenvalue weighted by Gasteiger charge is 2.36. The highest BCUT2D eigenvalue weighted by Crippen LogP contribution is 2.32. The highest BCUT2D eigenvalue weighted by atomic mass is 16.4. The van der Waals surface area contributed by atoms with Crippen molar-refractivity contribution in [1.82, 2.24) is 15.5 Å². The van der Waals surface area contributed by atoms with Crippen LogP contribution in [-0.2, 0) is 4.79 Å². The van der Waals surface area contributed by atoms with Crippen molar-refractivity contribution in [3.05, 3.63) is 0 Å². The summed E-state index contributed by atoms with van der Waals surface area (Å²) >= 11 is 0. The van der Waals surface area contributed by atoms with Crippen LogP contribution in [0.15, 0.2) is 0 Å². The maximum atomic E-state index is 11.7. The Labute approximate surface area is 113 Å². The number of carboxylic acids is 1. The zero-order valence-electron chi connectivity index (χ0n) is 11.4. The van der Waals surface area contributed by atoms with E-state index < -0.39 is 5.97 Å². The van der Waals surface area contributed by atoms with Crippen LogP contribution in [0.1, 0.15) is 38.5 Å². The van der Waals surface area contributed by atoms with E-state index in [1.54, 1.807) is 0 Å². The van der Waals surface area contributed by atoms with Crippen molar-refractivity contribution in [2.75, 3.05) is 13.6 Å². The number of amides is 2. The fourth-order valence-electron chi connectivity index (χ4n) is 3.25. The van der Waals surface area contributed by atoms with E-state index in [2.05, 4.69) is 22.6 Å². The maximum absolute atomic E-state index is 11.7. The molecule has 2 bridgehead atoms. The summed E-state index contributed by atoms with van der Waals surface area (Å²) in [7, 11) is 2.18. The second-order valence-corrected chi connectivity index (χ2v) is 5.62. The summed E-state index contributed by atoms with van der Waals surface area (Å²) in [5, 5.41) is 14.1. The lowest BCUT2D eigenvalue weighted by atomic mass is 9.82. The Balaban J connectivity index is 1.74. The van der Waals surface area contributed by atoms with Crippen molar-refractivity contribution in [3.8, 4) is 0 Å². The number of aliphatic carboxylic acids is 1. The first-order chi connectivity index (χ1) is 9.06. The number of carbonyl (C=O) groups is 2. The van der Waals surface area contributed by atoms with Gasteiger partial charge >= 0.3 is 12.0 Å². The third kappa shape index (κ3) is 3.83. The minimum absolute atomic E-state index is 0.0356. The molecule has 2 rings (SSSR count). The van der Waals surface area contributed by atoms with E-state index >= 15 is 0 Å². The van der Waals surface area contributed by atoms with Crippen LogP contribution in [0, 0.1) is 0 Å². The second-order valence-electron chi connectivity index (χ2n) is 5.62. The molecule has 6 nitrogen and oxygen atoms in total. The first-order valence-corrected chi connectivity index (χ1v) is 7.04. The normalized spacial score (nSPS) is 30.7. The number of hydrogen-bond acceptors (Lipinski definition) is 3. The quantitative estimate of drug-likeness (QED) is 0.704. The molecule has 2 amide bonds.